The van der Waals surface area contributed by atoms with E-state index < -0.39 is 11.9 Å². The van der Waals surface area contributed by atoms with Crippen LogP contribution in [0.3, 0.4) is 0 Å². The van der Waals surface area contributed by atoms with Crippen molar-refractivity contribution in [3.63, 3.8) is 0 Å². The van der Waals surface area contributed by atoms with Crippen molar-refractivity contribution in [3.05, 3.63) is 29.5 Å². The van der Waals surface area contributed by atoms with Gasteiger partial charge in [0.1, 0.15) is 5.01 Å². The first-order chi connectivity index (χ1) is 7.07. The maximum absolute atomic E-state index is 12.2. The molecule has 0 aliphatic heterocycles. The second-order valence-electron chi connectivity index (χ2n) is 2.67. The molecule has 78 valence electrons. The predicted molar refractivity (Wildman–Crippen MR) is 48.1 cm³/mol. The molecule has 2 aromatic heterocycles. The van der Waals surface area contributed by atoms with E-state index in [4.69, 9.17) is 0 Å². The van der Waals surface area contributed by atoms with E-state index in [0.717, 1.165) is 16.7 Å². The molecule has 0 aromatic carbocycles. The Kier molecular flexibility index (Phi) is 2.39. The smallest absolute Gasteiger partial charge is 0.232 e. The maximum Gasteiger partial charge on any atom is 0.434 e. The zero-order valence-electron chi connectivity index (χ0n) is 7.19. The first kappa shape index (κ1) is 10.0. The molecular formula is C8H4F3N3S. The van der Waals surface area contributed by atoms with Crippen molar-refractivity contribution >= 4 is 11.3 Å². The van der Waals surface area contributed by atoms with Crippen LogP contribution in [-0.4, -0.2) is 15.2 Å². The fraction of sp³-hybridized carbons (Fsp3) is 0.125. The van der Waals surface area contributed by atoms with Gasteiger partial charge in [0, 0.05) is 10.9 Å². The van der Waals surface area contributed by atoms with Crippen LogP contribution < -0.4 is 0 Å². The summed E-state index contributed by atoms with van der Waals surface area (Å²) in [6, 6.07) is 1.56. The van der Waals surface area contributed by atoms with E-state index in [1.165, 1.54) is 12.4 Å². The molecule has 0 atom stereocenters. The molecule has 0 unspecified atom stereocenters. The molecule has 0 bridgehead atoms. The van der Waals surface area contributed by atoms with Crippen LogP contribution in [0.2, 0.25) is 0 Å². The Morgan fingerprint density at radius 3 is 2.53 bits per heavy atom. The number of hydrogen-bond acceptors (Lipinski definition) is 4. The van der Waals surface area contributed by atoms with Gasteiger partial charge in [-0.1, -0.05) is 0 Å². The summed E-state index contributed by atoms with van der Waals surface area (Å²) in [6.07, 6.45) is -1.61. The lowest BCUT2D eigenvalue weighted by Crippen LogP contribution is -2.04. The highest BCUT2D eigenvalue weighted by Crippen LogP contribution is 2.32. The largest absolute Gasteiger partial charge is 0.434 e. The standard InChI is InChI=1S/C8H4F3N3S/c9-8(10,11)6-4-15-7(14-6)5-1-2-12-13-3-5/h1-4H. The van der Waals surface area contributed by atoms with Gasteiger partial charge >= 0.3 is 6.18 Å². The highest BCUT2D eigenvalue weighted by molar-refractivity contribution is 7.13. The molecule has 0 amide bonds. The third kappa shape index (κ3) is 2.12. The number of rotatable bonds is 1. The minimum Gasteiger partial charge on any atom is -0.232 e. The Labute approximate surface area is 86.6 Å². The van der Waals surface area contributed by atoms with E-state index in [1.807, 2.05) is 0 Å². The monoisotopic (exact) mass is 231 g/mol. The van der Waals surface area contributed by atoms with Crippen LogP contribution in [0.25, 0.3) is 10.6 Å². The quantitative estimate of drug-likeness (QED) is 0.757. The Morgan fingerprint density at radius 1 is 1.20 bits per heavy atom. The fourth-order valence-corrected chi connectivity index (χ4v) is 1.77. The van der Waals surface area contributed by atoms with Crippen LogP contribution in [0.15, 0.2) is 23.8 Å². The molecule has 2 heterocycles. The summed E-state index contributed by atoms with van der Waals surface area (Å²) in [5.74, 6) is 0. The average Bonchev–Trinajstić information content (AvgIpc) is 2.67. The Balaban J connectivity index is 2.37. The number of halogens is 3. The fourth-order valence-electron chi connectivity index (χ4n) is 0.954. The number of alkyl halides is 3. The number of thiazole rings is 1. The maximum atomic E-state index is 12.2. The highest BCUT2D eigenvalue weighted by Gasteiger charge is 2.33. The molecule has 0 spiro atoms. The van der Waals surface area contributed by atoms with Crippen LogP contribution in [0.1, 0.15) is 5.69 Å². The van der Waals surface area contributed by atoms with Gasteiger partial charge in [0.15, 0.2) is 5.69 Å². The lowest BCUT2D eigenvalue weighted by molar-refractivity contribution is -0.140. The molecular weight excluding hydrogens is 227 g/mol. The SMILES string of the molecule is FC(F)(F)c1csc(-c2ccnnc2)n1. The van der Waals surface area contributed by atoms with Crippen LogP contribution in [0.4, 0.5) is 13.2 Å². The summed E-state index contributed by atoms with van der Waals surface area (Å²) in [5, 5.41) is 8.37. The van der Waals surface area contributed by atoms with Crippen LogP contribution in [-0.2, 0) is 6.18 Å². The van der Waals surface area contributed by atoms with Gasteiger partial charge in [0.2, 0.25) is 0 Å². The summed E-state index contributed by atoms with van der Waals surface area (Å²) < 4.78 is 36.7. The summed E-state index contributed by atoms with van der Waals surface area (Å²) in [5.41, 5.74) is -0.343. The zero-order valence-corrected chi connectivity index (χ0v) is 8.01. The van der Waals surface area contributed by atoms with E-state index in [0.29, 0.717) is 5.56 Å². The minimum atomic E-state index is -4.39. The topological polar surface area (TPSA) is 38.7 Å². The Hall–Kier alpha value is -1.50. The molecule has 15 heavy (non-hydrogen) atoms. The van der Waals surface area contributed by atoms with Gasteiger partial charge in [0.05, 0.1) is 12.4 Å². The third-order valence-corrected chi connectivity index (χ3v) is 2.52. The molecule has 0 aliphatic carbocycles. The molecule has 2 aromatic rings. The van der Waals surface area contributed by atoms with E-state index in [2.05, 4.69) is 15.2 Å². The predicted octanol–water partition coefficient (Wildman–Crippen LogP) is 2.62. The van der Waals surface area contributed by atoms with Crippen molar-refractivity contribution in [2.24, 2.45) is 0 Å². The molecule has 7 heteroatoms. The molecule has 0 fully saturated rings. The lowest BCUT2D eigenvalue weighted by Gasteiger charge is -1.99. The minimum absolute atomic E-state index is 0.289. The van der Waals surface area contributed by atoms with Gasteiger partial charge in [-0.05, 0) is 6.07 Å². The third-order valence-electron chi connectivity index (χ3n) is 1.63. The van der Waals surface area contributed by atoms with Crippen molar-refractivity contribution in [1.82, 2.24) is 15.2 Å². The van der Waals surface area contributed by atoms with Crippen molar-refractivity contribution in [2.45, 2.75) is 6.18 Å². The van der Waals surface area contributed by atoms with E-state index >= 15 is 0 Å². The van der Waals surface area contributed by atoms with Gasteiger partial charge in [-0.25, -0.2) is 4.98 Å². The molecule has 0 saturated heterocycles. The van der Waals surface area contributed by atoms with Crippen molar-refractivity contribution in [2.75, 3.05) is 0 Å². The van der Waals surface area contributed by atoms with Gasteiger partial charge in [-0.15, -0.1) is 11.3 Å². The molecule has 0 N–H and O–H groups in total. The van der Waals surface area contributed by atoms with Crippen LogP contribution in [0, 0.1) is 0 Å². The van der Waals surface area contributed by atoms with Gasteiger partial charge < -0.3 is 0 Å². The lowest BCUT2D eigenvalue weighted by atomic mass is 10.3. The van der Waals surface area contributed by atoms with Gasteiger partial charge in [0.25, 0.3) is 0 Å². The van der Waals surface area contributed by atoms with Crippen molar-refractivity contribution in [3.8, 4) is 10.6 Å². The summed E-state index contributed by atoms with van der Waals surface area (Å²) in [6.45, 7) is 0. The van der Waals surface area contributed by atoms with E-state index in [1.54, 1.807) is 6.07 Å². The normalized spacial score (nSPS) is 11.7. The van der Waals surface area contributed by atoms with E-state index in [9.17, 15) is 13.2 Å². The zero-order chi connectivity index (χ0) is 10.9. The van der Waals surface area contributed by atoms with Gasteiger partial charge in [-0.3, -0.25) is 0 Å². The summed E-state index contributed by atoms with van der Waals surface area (Å²) >= 11 is 0.931. The molecule has 0 saturated carbocycles. The second-order valence-corrected chi connectivity index (χ2v) is 3.52. The molecule has 2 rings (SSSR count). The first-order valence-corrected chi connectivity index (χ1v) is 4.75. The Morgan fingerprint density at radius 2 is 2.00 bits per heavy atom. The molecule has 0 aliphatic rings. The second kappa shape index (κ2) is 3.58. The Bertz CT molecular complexity index is 452. The highest BCUT2D eigenvalue weighted by atomic mass is 32.1. The number of aromatic nitrogens is 3. The van der Waals surface area contributed by atoms with Crippen LogP contribution in [0.5, 0.6) is 0 Å². The molecule has 3 nitrogen and oxygen atoms in total. The van der Waals surface area contributed by atoms with Crippen molar-refractivity contribution < 1.29 is 13.2 Å². The van der Waals surface area contributed by atoms with Crippen LogP contribution >= 0.6 is 11.3 Å². The first-order valence-electron chi connectivity index (χ1n) is 3.87. The summed E-state index contributed by atoms with van der Waals surface area (Å²) in [4.78, 5) is 3.48. The van der Waals surface area contributed by atoms with Crippen molar-refractivity contribution in [1.29, 1.82) is 0 Å². The summed E-state index contributed by atoms with van der Waals surface area (Å²) in [7, 11) is 0. The van der Waals surface area contributed by atoms with E-state index in [-0.39, 0.29) is 5.01 Å². The number of nitrogens with zero attached hydrogens (tertiary/aromatic N) is 3. The number of hydrogen-bond donors (Lipinski definition) is 0. The average molecular weight is 231 g/mol. The molecule has 0 radical (unpaired) electrons. The van der Waals surface area contributed by atoms with Gasteiger partial charge in [-0.2, -0.15) is 23.4 Å².